The Morgan fingerprint density at radius 1 is 1.16 bits per heavy atom. The van der Waals surface area contributed by atoms with E-state index in [9.17, 15) is 0 Å². The highest BCUT2D eigenvalue weighted by molar-refractivity contribution is 7.10. The minimum Gasteiger partial charge on any atom is -0.496 e. The van der Waals surface area contributed by atoms with Crippen LogP contribution in [0.5, 0.6) is 5.75 Å². The molecule has 0 fully saturated rings. The summed E-state index contributed by atoms with van der Waals surface area (Å²) in [6.07, 6.45) is 0. The van der Waals surface area contributed by atoms with Crippen LogP contribution in [0, 0.1) is 6.92 Å². The number of thiophene rings is 1. The molecule has 0 amide bonds. The highest BCUT2D eigenvalue weighted by Gasteiger charge is 2.15. The highest BCUT2D eigenvalue weighted by atomic mass is 32.1. The van der Waals surface area contributed by atoms with Crippen LogP contribution in [-0.4, -0.2) is 7.11 Å². The number of methoxy groups -OCH3 is 1. The number of hydrogen-bond acceptors (Lipinski definition) is 3. The van der Waals surface area contributed by atoms with Crippen molar-refractivity contribution in [3.05, 3.63) is 51.7 Å². The van der Waals surface area contributed by atoms with Gasteiger partial charge in [-0.2, -0.15) is 0 Å². The van der Waals surface area contributed by atoms with Gasteiger partial charge in [0.25, 0.3) is 0 Å². The van der Waals surface area contributed by atoms with Crippen LogP contribution in [0.4, 0.5) is 0 Å². The Morgan fingerprint density at radius 2 is 1.95 bits per heavy atom. The van der Waals surface area contributed by atoms with Crippen molar-refractivity contribution in [1.29, 1.82) is 0 Å². The van der Waals surface area contributed by atoms with Crippen LogP contribution in [0.25, 0.3) is 0 Å². The molecule has 1 heterocycles. The summed E-state index contributed by atoms with van der Waals surface area (Å²) < 4.78 is 5.48. The molecular formula is C16H21NOS. The molecule has 0 saturated heterocycles. The summed E-state index contributed by atoms with van der Waals surface area (Å²) >= 11 is 1.79. The average Bonchev–Trinajstić information content (AvgIpc) is 2.92. The molecule has 1 N–H and O–H groups in total. The molecule has 3 heteroatoms. The molecule has 0 radical (unpaired) electrons. The third-order valence-electron chi connectivity index (χ3n) is 3.33. The van der Waals surface area contributed by atoms with Gasteiger partial charge < -0.3 is 10.1 Å². The largest absolute Gasteiger partial charge is 0.496 e. The van der Waals surface area contributed by atoms with Gasteiger partial charge in [-0.05, 0) is 43.8 Å². The standard InChI is InChI=1S/C16H21NOS/c1-11-7-8-14(15(10-11)18-4)12(2)17-13(3)16-6-5-9-19-16/h5-10,12-13,17H,1-4H3/t12?,13-/m1/s1. The van der Waals surface area contributed by atoms with Crippen LogP contribution in [0.1, 0.15) is 41.9 Å². The predicted octanol–water partition coefficient (Wildman–Crippen LogP) is 4.48. The van der Waals surface area contributed by atoms with Gasteiger partial charge in [-0.1, -0.05) is 18.2 Å². The van der Waals surface area contributed by atoms with Crippen LogP contribution < -0.4 is 10.1 Å². The number of ether oxygens (including phenoxy) is 1. The molecule has 0 bridgehead atoms. The smallest absolute Gasteiger partial charge is 0.123 e. The van der Waals surface area contributed by atoms with Crippen molar-refractivity contribution in [2.24, 2.45) is 0 Å². The minimum atomic E-state index is 0.257. The third-order valence-corrected chi connectivity index (χ3v) is 4.38. The Kier molecular flexibility index (Phi) is 4.61. The first-order valence-electron chi connectivity index (χ1n) is 6.55. The summed E-state index contributed by atoms with van der Waals surface area (Å²) in [6.45, 7) is 6.46. The first-order chi connectivity index (χ1) is 9.11. The van der Waals surface area contributed by atoms with Gasteiger partial charge in [0.1, 0.15) is 5.75 Å². The Balaban J connectivity index is 2.13. The van der Waals surface area contributed by atoms with Crippen LogP contribution >= 0.6 is 11.3 Å². The lowest BCUT2D eigenvalue weighted by atomic mass is 10.0. The van der Waals surface area contributed by atoms with E-state index < -0.39 is 0 Å². The monoisotopic (exact) mass is 275 g/mol. The fraction of sp³-hybridized carbons (Fsp3) is 0.375. The molecule has 0 aliphatic rings. The molecular weight excluding hydrogens is 254 g/mol. The Labute approximate surface area is 119 Å². The van der Waals surface area contributed by atoms with Crippen molar-refractivity contribution in [3.8, 4) is 5.75 Å². The van der Waals surface area contributed by atoms with Crippen LogP contribution in [0.15, 0.2) is 35.7 Å². The fourth-order valence-corrected chi connectivity index (χ4v) is 3.00. The SMILES string of the molecule is COc1cc(C)ccc1C(C)N[C@H](C)c1cccs1. The van der Waals surface area contributed by atoms with E-state index in [1.165, 1.54) is 16.0 Å². The van der Waals surface area contributed by atoms with Gasteiger partial charge in [-0.3, -0.25) is 0 Å². The van der Waals surface area contributed by atoms with Gasteiger partial charge in [0.15, 0.2) is 0 Å². The first kappa shape index (κ1) is 14.1. The zero-order chi connectivity index (χ0) is 13.8. The van der Waals surface area contributed by atoms with Crippen molar-refractivity contribution in [3.63, 3.8) is 0 Å². The molecule has 0 spiro atoms. The highest BCUT2D eigenvalue weighted by Crippen LogP contribution is 2.29. The maximum atomic E-state index is 5.48. The molecule has 1 unspecified atom stereocenters. The maximum Gasteiger partial charge on any atom is 0.123 e. The van der Waals surface area contributed by atoms with E-state index in [2.05, 4.69) is 61.8 Å². The van der Waals surface area contributed by atoms with Gasteiger partial charge in [0.05, 0.1) is 7.11 Å². The topological polar surface area (TPSA) is 21.3 Å². The second kappa shape index (κ2) is 6.22. The van der Waals surface area contributed by atoms with Gasteiger partial charge in [-0.15, -0.1) is 11.3 Å². The summed E-state index contributed by atoms with van der Waals surface area (Å²) in [7, 11) is 1.73. The summed E-state index contributed by atoms with van der Waals surface area (Å²) in [6, 6.07) is 11.2. The first-order valence-corrected chi connectivity index (χ1v) is 7.43. The molecule has 1 aromatic heterocycles. The van der Waals surface area contributed by atoms with Crippen molar-refractivity contribution in [2.45, 2.75) is 32.9 Å². The van der Waals surface area contributed by atoms with E-state index in [-0.39, 0.29) is 6.04 Å². The molecule has 0 aliphatic heterocycles. The number of hydrogen-bond donors (Lipinski definition) is 1. The van der Waals surface area contributed by atoms with E-state index in [4.69, 9.17) is 4.74 Å². The van der Waals surface area contributed by atoms with Crippen molar-refractivity contribution < 1.29 is 4.74 Å². The lowest BCUT2D eigenvalue weighted by Gasteiger charge is -2.21. The van der Waals surface area contributed by atoms with Gasteiger partial charge >= 0.3 is 0 Å². The van der Waals surface area contributed by atoms with Crippen molar-refractivity contribution >= 4 is 11.3 Å². The molecule has 2 nitrogen and oxygen atoms in total. The summed E-state index contributed by atoms with van der Waals surface area (Å²) in [5, 5.41) is 5.74. The second-order valence-corrected chi connectivity index (χ2v) is 5.85. The van der Waals surface area contributed by atoms with Crippen molar-refractivity contribution in [1.82, 2.24) is 5.32 Å². The molecule has 19 heavy (non-hydrogen) atoms. The lowest BCUT2D eigenvalue weighted by Crippen LogP contribution is -2.22. The average molecular weight is 275 g/mol. The number of nitrogens with one attached hydrogen (secondary N) is 1. The van der Waals surface area contributed by atoms with E-state index in [0.29, 0.717) is 6.04 Å². The molecule has 102 valence electrons. The maximum absolute atomic E-state index is 5.48. The summed E-state index contributed by atoms with van der Waals surface area (Å²) in [5.74, 6) is 0.957. The van der Waals surface area contributed by atoms with Gasteiger partial charge in [-0.25, -0.2) is 0 Å². The number of aryl methyl sites for hydroxylation is 1. The second-order valence-electron chi connectivity index (χ2n) is 4.87. The lowest BCUT2D eigenvalue weighted by molar-refractivity contribution is 0.397. The molecule has 2 aromatic rings. The normalized spacial score (nSPS) is 14.1. The zero-order valence-electron chi connectivity index (χ0n) is 11.9. The minimum absolute atomic E-state index is 0.257. The van der Waals surface area contributed by atoms with E-state index in [0.717, 1.165) is 5.75 Å². The zero-order valence-corrected chi connectivity index (χ0v) is 12.8. The fourth-order valence-electron chi connectivity index (χ4n) is 2.26. The Hall–Kier alpha value is -1.32. The molecule has 2 rings (SSSR count). The quantitative estimate of drug-likeness (QED) is 0.869. The number of benzene rings is 1. The van der Waals surface area contributed by atoms with Gasteiger partial charge in [0.2, 0.25) is 0 Å². The van der Waals surface area contributed by atoms with Crippen LogP contribution in [0.2, 0.25) is 0 Å². The summed E-state index contributed by atoms with van der Waals surface area (Å²) in [5.41, 5.74) is 2.43. The van der Waals surface area contributed by atoms with E-state index >= 15 is 0 Å². The van der Waals surface area contributed by atoms with Gasteiger partial charge in [0, 0.05) is 22.5 Å². The van der Waals surface area contributed by atoms with Crippen LogP contribution in [-0.2, 0) is 0 Å². The third kappa shape index (κ3) is 3.37. The van der Waals surface area contributed by atoms with Crippen molar-refractivity contribution in [2.75, 3.05) is 7.11 Å². The van der Waals surface area contributed by atoms with Crippen LogP contribution in [0.3, 0.4) is 0 Å². The Bertz CT molecular complexity index is 522. The van der Waals surface area contributed by atoms with E-state index in [1.54, 1.807) is 18.4 Å². The molecule has 2 atom stereocenters. The molecule has 1 aromatic carbocycles. The number of rotatable bonds is 5. The Morgan fingerprint density at radius 3 is 2.58 bits per heavy atom. The molecule has 0 aliphatic carbocycles. The molecule has 0 saturated carbocycles. The summed E-state index contributed by atoms with van der Waals surface area (Å²) in [4.78, 5) is 1.36. The van der Waals surface area contributed by atoms with E-state index in [1.807, 2.05) is 0 Å². The predicted molar refractivity (Wildman–Crippen MR) is 82.0 cm³/mol.